The molecule has 0 aromatic rings. The van der Waals surface area contributed by atoms with E-state index in [9.17, 15) is 0 Å². The van der Waals surface area contributed by atoms with Crippen LogP contribution in [0.4, 0.5) is 0 Å². The fraction of sp³-hybridized carbons (Fsp3) is 1.00. The van der Waals surface area contributed by atoms with Crippen LogP contribution >= 0.6 is 0 Å². The minimum Gasteiger partial charge on any atom is -0.379 e. The standard InChI is InChI=1S/C15H29N3O/c1-2-16-11-13-3-4-15(13)18-6-5-14(12-18)17-7-9-19-10-8-17/h13-16H,2-12H2,1H3. The van der Waals surface area contributed by atoms with Crippen LogP contribution in [0.5, 0.6) is 0 Å². The quantitative estimate of drug-likeness (QED) is 0.797. The Hall–Kier alpha value is -0.160. The molecule has 1 saturated carbocycles. The molecule has 2 heterocycles. The van der Waals surface area contributed by atoms with Crippen LogP contribution in [0.2, 0.25) is 0 Å². The van der Waals surface area contributed by atoms with Gasteiger partial charge >= 0.3 is 0 Å². The van der Waals surface area contributed by atoms with Crippen molar-refractivity contribution in [2.24, 2.45) is 5.92 Å². The van der Waals surface area contributed by atoms with Gasteiger partial charge in [0.05, 0.1) is 13.2 Å². The number of nitrogens with one attached hydrogen (secondary N) is 1. The number of morpholine rings is 1. The van der Waals surface area contributed by atoms with Crippen LogP contribution in [0.1, 0.15) is 26.2 Å². The molecule has 3 fully saturated rings. The van der Waals surface area contributed by atoms with E-state index >= 15 is 0 Å². The minimum atomic E-state index is 0.796. The molecule has 3 unspecified atom stereocenters. The largest absolute Gasteiger partial charge is 0.379 e. The van der Waals surface area contributed by atoms with Crippen LogP contribution in [-0.2, 0) is 4.74 Å². The summed E-state index contributed by atoms with van der Waals surface area (Å²) in [6.45, 7) is 11.3. The number of rotatable bonds is 5. The molecule has 4 heteroatoms. The van der Waals surface area contributed by atoms with Crippen LogP contribution in [0.3, 0.4) is 0 Å². The van der Waals surface area contributed by atoms with Crippen LogP contribution < -0.4 is 5.32 Å². The maximum atomic E-state index is 5.46. The first-order chi connectivity index (χ1) is 9.38. The molecule has 2 saturated heterocycles. The molecule has 3 rings (SSSR count). The van der Waals surface area contributed by atoms with E-state index < -0.39 is 0 Å². The first kappa shape index (κ1) is 13.8. The zero-order valence-corrected chi connectivity index (χ0v) is 12.3. The van der Waals surface area contributed by atoms with Gasteiger partial charge in [-0.1, -0.05) is 6.92 Å². The molecule has 0 bridgehead atoms. The average Bonchev–Trinajstić information content (AvgIpc) is 2.88. The van der Waals surface area contributed by atoms with Crippen molar-refractivity contribution in [2.45, 2.75) is 38.3 Å². The highest BCUT2D eigenvalue weighted by Gasteiger charge is 2.39. The number of likely N-dealkylation sites (tertiary alicyclic amines) is 1. The Kier molecular flexibility index (Phi) is 4.74. The number of nitrogens with zero attached hydrogens (tertiary/aromatic N) is 2. The second-order valence-electron chi connectivity index (χ2n) is 6.30. The van der Waals surface area contributed by atoms with Crippen LogP contribution in [0, 0.1) is 5.92 Å². The summed E-state index contributed by atoms with van der Waals surface area (Å²) >= 11 is 0. The fourth-order valence-corrected chi connectivity index (χ4v) is 3.91. The summed E-state index contributed by atoms with van der Waals surface area (Å²) < 4.78 is 5.46. The lowest BCUT2D eigenvalue weighted by molar-refractivity contribution is 0.0134. The monoisotopic (exact) mass is 267 g/mol. The Bertz CT molecular complexity index is 281. The first-order valence-corrected chi connectivity index (χ1v) is 8.15. The summed E-state index contributed by atoms with van der Waals surface area (Å²) in [5.74, 6) is 0.906. The normalized spacial score (nSPS) is 37.4. The molecule has 0 aromatic carbocycles. The SMILES string of the molecule is CCNCC1CCC1N1CCC(N2CCOCC2)C1. The number of hydrogen-bond acceptors (Lipinski definition) is 4. The van der Waals surface area contributed by atoms with Crippen molar-refractivity contribution >= 4 is 0 Å². The molecule has 110 valence electrons. The minimum absolute atomic E-state index is 0.796. The summed E-state index contributed by atoms with van der Waals surface area (Å²) in [5.41, 5.74) is 0. The van der Waals surface area contributed by atoms with Crippen LogP contribution in [0.15, 0.2) is 0 Å². The summed E-state index contributed by atoms with van der Waals surface area (Å²) in [6.07, 6.45) is 4.21. The molecule has 4 nitrogen and oxygen atoms in total. The zero-order valence-electron chi connectivity index (χ0n) is 12.3. The van der Waals surface area contributed by atoms with E-state index in [0.717, 1.165) is 50.8 Å². The van der Waals surface area contributed by atoms with Gasteiger partial charge in [0, 0.05) is 38.3 Å². The summed E-state index contributed by atoms with van der Waals surface area (Å²) in [5, 5.41) is 3.52. The van der Waals surface area contributed by atoms with Gasteiger partial charge in [-0.2, -0.15) is 0 Å². The molecule has 1 N–H and O–H groups in total. The van der Waals surface area contributed by atoms with Gasteiger partial charge in [0.2, 0.25) is 0 Å². The number of ether oxygens (including phenoxy) is 1. The van der Waals surface area contributed by atoms with Crippen molar-refractivity contribution < 1.29 is 4.74 Å². The Morgan fingerprint density at radius 1 is 1.05 bits per heavy atom. The molecule has 19 heavy (non-hydrogen) atoms. The fourth-order valence-electron chi connectivity index (χ4n) is 3.91. The summed E-state index contributed by atoms with van der Waals surface area (Å²) in [4.78, 5) is 5.42. The second-order valence-corrected chi connectivity index (χ2v) is 6.30. The predicted octanol–water partition coefficient (Wildman–Crippen LogP) is 0.781. The van der Waals surface area contributed by atoms with Gasteiger partial charge in [0.15, 0.2) is 0 Å². The Balaban J connectivity index is 1.46. The first-order valence-electron chi connectivity index (χ1n) is 8.15. The van der Waals surface area contributed by atoms with E-state index in [4.69, 9.17) is 4.74 Å². The van der Waals surface area contributed by atoms with Gasteiger partial charge in [-0.25, -0.2) is 0 Å². The third kappa shape index (κ3) is 3.13. The van der Waals surface area contributed by atoms with E-state index in [2.05, 4.69) is 22.0 Å². The van der Waals surface area contributed by atoms with Crippen molar-refractivity contribution in [3.8, 4) is 0 Å². The van der Waals surface area contributed by atoms with E-state index in [0.29, 0.717) is 0 Å². The molecule has 0 spiro atoms. The van der Waals surface area contributed by atoms with Crippen molar-refractivity contribution in [3.05, 3.63) is 0 Å². The van der Waals surface area contributed by atoms with Crippen LogP contribution in [-0.4, -0.2) is 74.4 Å². The highest BCUT2D eigenvalue weighted by atomic mass is 16.5. The topological polar surface area (TPSA) is 27.7 Å². The molecule has 0 radical (unpaired) electrons. The molecular weight excluding hydrogens is 238 g/mol. The lowest BCUT2D eigenvalue weighted by Gasteiger charge is -2.43. The number of hydrogen-bond donors (Lipinski definition) is 1. The molecule has 0 aromatic heterocycles. The summed E-state index contributed by atoms with van der Waals surface area (Å²) in [7, 11) is 0. The molecule has 3 aliphatic rings. The van der Waals surface area contributed by atoms with Crippen molar-refractivity contribution in [2.75, 3.05) is 52.5 Å². The van der Waals surface area contributed by atoms with Gasteiger partial charge in [-0.3, -0.25) is 9.80 Å². The Morgan fingerprint density at radius 3 is 2.58 bits per heavy atom. The lowest BCUT2D eigenvalue weighted by Crippen LogP contribution is -2.51. The van der Waals surface area contributed by atoms with Gasteiger partial charge < -0.3 is 10.1 Å². The van der Waals surface area contributed by atoms with Crippen molar-refractivity contribution in [3.63, 3.8) is 0 Å². The van der Waals surface area contributed by atoms with Gasteiger partial charge in [0.1, 0.15) is 0 Å². The van der Waals surface area contributed by atoms with Crippen LogP contribution in [0.25, 0.3) is 0 Å². The smallest absolute Gasteiger partial charge is 0.0594 e. The molecule has 1 aliphatic carbocycles. The van der Waals surface area contributed by atoms with Gasteiger partial charge in [-0.15, -0.1) is 0 Å². The average molecular weight is 267 g/mol. The Labute approximate surface area is 117 Å². The van der Waals surface area contributed by atoms with Gasteiger partial charge in [0.25, 0.3) is 0 Å². The second kappa shape index (κ2) is 6.53. The van der Waals surface area contributed by atoms with E-state index in [1.54, 1.807) is 0 Å². The molecule has 3 atom stereocenters. The van der Waals surface area contributed by atoms with Gasteiger partial charge in [-0.05, 0) is 38.3 Å². The van der Waals surface area contributed by atoms with Crippen molar-refractivity contribution in [1.29, 1.82) is 0 Å². The summed E-state index contributed by atoms with van der Waals surface area (Å²) in [6, 6.07) is 1.66. The Morgan fingerprint density at radius 2 is 1.89 bits per heavy atom. The van der Waals surface area contributed by atoms with Crippen molar-refractivity contribution in [1.82, 2.24) is 15.1 Å². The molecular formula is C15H29N3O. The molecule has 2 aliphatic heterocycles. The third-order valence-corrected chi connectivity index (χ3v) is 5.26. The predicted molar refractivity (Wildman–Crippen MR) is 77.4 cm³/mol. The van der Waals surface area contributed by atoms with E-state index in [1.807, 2.05) is 0 Å². The maximum Gasteiger partial charge on any atom is 0.0594 e. The zero-order chi connectivity index (χ0) is 13.1. The third-order valence-electron chi connectivity index (χ3n) is 5.26. The molecule has 0 amide bonds. The lowest BCUT2D eigenvalue weighted by atomic mass is 9.78. The van der Waals surface area contributed by atoms with E-state index in [-0.39, 0.29) is 0 Å². The van der Waals surface area contributed by atoms with E-state index in [1.165, 1.54) is 38.9 Å². The highest BCUT2D eigenvalue weighted by molar-refractivity contribution is 4.95. The maximum absolute atomic E-state index is 5.46. The highest BCUT2D eigenvalue weighted by Crippen LogP contribution is 2.34.